The summed E-state index contributed by atoms with van der Waals surface area (Å²) in [6.45, 7) is -0.124. The fourth-order valence-corrected chi connectivity index (χ4v) is 2.61. The van der Waals surface area contributed by atoms with Gasteiger partial charge in [0.05, 0.1) is 16.8 Å². The fourth-order valence-electron chi connectivity index (χ4n) is 1.84. The molecule has 0 aliphatic carbocycles. The average Bonchev–Trinajstić information content (AvgIpc) is 2.53. The van der Waals surface area contributed by atoms with E-state index in [1.54, 1.807) is 12.1 Å². The molecule has 1 heterocycles. The quantitative estimate of drug-likeness (QED) is 0.774. The molecule has 24 heavy (non-hydrogen) atoms. The average molecular weight is 371 g/mol. The van der Waals surface area contributed by atoms with E-state index in [0.717, 1.165) is 10.9 Å². The van der Waals surface area contributed by atoms with Gasteiger partial charge < -0.3 is 11.1 Å². The molecule has 0 bridgehead atoms. The number of anilines is 1. The van der Waals surface area contributed by atoms with Crippen LogP contribution in [0.4, 0.5) is 5.69 Å². The Bertz CT molecular complexity index is 923. The molecular formula is C14H15ClN4O4S. The normalized spacial score (nSPS) is 11.2. The third kappa shape index (κ3) is 4.33. The van der Waals surface area contributed by atoms with Crippen molar-refractivity contribution in [3.05, 3.63) is 51.4 Å². The first-order valence-corrected chi connectivity index (χ1v) is 9.02. The van der Waals surface area contributed by atoms with Gasteiger partial charge >= 0.3 is 0 Å². The highest BCUT2D eigenvalue weighted by Crippen LogP contribution is 2.11. The number of nitrogens with one attached hydrogen (secondary N) is 1. The molecule has 2 aromatic rings. The summed E-state index contributed by atoms with van der Waals surface area (Å²) in [4.78, 5) is 23.9. The minimum absolute atomic E-state index is 0.0456. The number of halogens is 1. The molecule has 0 saturated carbocycles. The number of amides is 1. The maximum absolute atomic E-state index is 11.9. The van der Waals surface area contributed by atoms with Gasteiger partial charge in [0.2, 0.25) is 5.91 Å². The number of aromatic nitrogens is 2. The summed E-state index contributed by atoms with van der Waals surface area (Å²) >= 11 is 5.71. The van der Waals surface area contributed by atoms with Gasteiger partial charge in [0.1, 0.15) is 11.6 Å². The molecule has 0 saturated heterocycles. The first kappa shape index (κ1) is 18.0. The van der Waals surface area contributed by atoms with Gasteiger partial charge in [-0.2, -0.15) is 5.10 Å². The Morgan fingerprint density at radius 3 is 2.54 bits per heavy atom. The van der Waals surface area contributed by atoms with E-state index < -0.39 is 21.3 Å². The van der Waals surface area contributed by atoms with Crippen LogP contribution in [0.2, 0.25) is 5.02 Å². The van der Waals surface area contributed by atoms with Gasteiger partial charge in [0, 0.05) is 12.8 Å². The van der Waals surface area contributed by atoms with Gasteiger partial charge in [-0.25, -0.2) is 13.1 Å². The first-order valence-electron chi connectivity index (χ1n) is 6.75. The van der Waals surface area contributed by atoms with Crippen molar-refractivity contribution >= 4 is 33.0 Å². The molecule has 0 atom stereocenters. The van der Waals surface area contributed by atoms with Gasteiger partial charge in [0.15, 0.2) is 9.84 Å². The smallest absolute Gasteiger partial charge is 0.288 e. The van der Waals surface area contributed by atoms with Crippen LogP contribution >= 0.6 is 11.6 Å². The van der Waals surface area contributed by atoms with E-state index in [1.165, 1.54) is 18.3 Å². The maximum Gasteiger partial charge on any atom is 0.288 e. The summed E-state index contributed by atoms with van der Waals surface area (Å²) in [5, 5.41) is 6.16. The Balaban J connectivity index is 1.99. The van der Waals surface area contributed by atoms with E-state index in [9.17, 15) is 18.0 Å². The number of benzene rings is 1. The second-order valence-corrected chi connectivity index (χ2v) is 7.46. The number of carbonyl (C=O) groups excluding carboxylic acids is 1. The lowest BCUT2D eigenvalue weighted by Gasteiger charge is -2.08. The number of nitrogens with two attached hydrogens (primary N) is 1. The van der Waals surface area contributed by atoms with E-state index in [1.807, 2.05) is 0 Å². The van der Waals surface area contributed by atoms with Crippen molar-refractivity contribution in [3.63, 3.8) is 0 Å². The molecule has 0 unspecified atom stereocenters. The lowest BCUT2D eigenvalue weighted by molar-refractivity contribution is -0.122. The van der Waals surface area contributed by atoms with Gasteiger partial charge in [-0.1, -0.05) is 23.7 Å². The van der Waals surface area contributed by atoms with Gasteiger partial charge in [-0.15, -0.1) is 0 Å². The molecule has 2 rings (SSSR count). The molecule has 0 aliphatic rings. The zero-order valence-corrected chi connectivity index (χ0v) is 14.3. The standard InChI is InChI=1S/C14H15ClN4O4S/c1-24(22,23)10-4-2-9(3-5-10)6-17-12(20)8-19-14(21)13(15)11(16)7-18-19/h2-5,7H,6,8,16H2,1H3,(H,17,20). The summed E-state index contributed by atoms with van der Waals surface area (Å²) in [7, 11) is -3.26. The molecule has 1 aromatic carbocycles. The van der Waals surface area contributed by atoms with Crippen LogP contribution in [0.15, 0.2) is 40.2 Å². The highest BCUT2D eigenvalue weighted by atomic mass is 35.5. The lowest BCUT2D eigenvalue weighted by atomic mass is 10.2. The Kier molecular flexibility index (Phi) is 5.25. The van der Waals surface area contributed by atoms with E-state index in [0.29, 0.717) is 5.56 Å². The van der Waals surface area contributed by atoms with Crippen molar-refractivity contribution in [2.24, 2.45) is 0 Å². The molecule has 0 radical (unpaired) electrons. The number of hydrogen-bond acceptors (Lipinski definition) is 6. The van der Waals surface area contributed by atoms with Crippen LogP contribution in [-0.4, -0.2) is 30.4 Å². The van der Waals surface area contributed by atoms with Crippen LogP contribution in [0, 0.1) is 0 Å². The SMILES string of the molecule is CS(=O)(=O)c1ccc(CNC(=O)Cn2ncc(N)c(Cl)c2=O)cc1. The van der Waals surface area contributed by atoms with Gasteiger partial charge in [-0.3, -0.25) is 9.59 Å². The first-order chi connectivity index (χ1) is 11.2. The molecule has 10 heteroatoms. The maximum atomic E-state index is 11.9. The molecule has 3 N–H and O–H groups in total. The molecule has 1 amide bonds. The van der Waals surface area contributed by atoms with Crippen LogP contribution in [0.25, 0.3) is 0 Å². The van der Waals surface area contributed by atoms with Crippen LogP contribution in [0.3, 0.4) is 0 Å². The number of rotatable bonds is 5. The summed E-state index contributed by atoms with van der Waals surface area (Å²) in [6.07, 6.45) is 2.31. The van der Waals surface area contributed by atoms with Crippen molar-refractivity contribution in [2.45, 2.75) is 18.0 Å². The summed E-state index contributed by atoms with van der Waals surface area (Å²) in [5.74, 6) is -0.447. The van der Waals surface area contributed by atoms with Gasteiger partial charge in [-0.05, 0) is 17.7 Å². The zero-order chi connectivity index (χ0) is 17.9. The van der Waals surface area contributed by atoms with E-state index in [2.05, 4.69) is 10.4 Å². The molecule has 128 valence electrons. The number of nitrogen functional groups attached to an aromatic ring is 1. The van der Waals surface area contributed by atoms with Gasteiger partial charge in [0.25, 0.3) is 5.56 Å². The molecule has 0 spiro atoms. The monoisotopic (exact) mass is 370 g/mol. The molecule has 1 aromatic heterocycles. The Morgan fingerprint density at radius 2 is 1.96 bits per heavy atom. The molecule has 0 aliphatic heterocycles. The van der Waals surface area contributed by atoms with Crippen molar-refractivity contribution in [3.8, 4) is 0 Å². The Hall–Kier alpha value is -2.39. The minimum atomic E-state index is -3.26. The van der Waals surface area contributed by atoms with E-state index in [4.69, 9.17) is 17.3 Å². The molecular weight excluding hydrogens is 356 g/mol. The number of nitrogens with zero attached hydrogens (tertiary/aromatic N) is 2. The number of hydrogen-bond donors (Lipinski definition) is 2. The van der Waals surface area contributed by atoms with Crippen molar-refractivity contribution in [1.29, 1.82) is 0 Å². The zero-order valence-electron chi connectivity index (χ0n) is 12.7. The van der Waals surface area contributed by atoms with Crippen LogP contribution in [0.1, 0.15) is 5.56 Å². The number of carbonyl (C=O) groups is 1. The van der Waals surface area contributed by atoms with Crippen LogP contribution in [0.5, 0.6) is 0 Å². The Labute approximate surface area is 143 Å². The minimum Gasteiger partial charge on any atom is -0.396 e. The summed E-state index contributed by atoms with van der Waals surface area (Å²) < 4.78 is 23.6. The van der Waals surface area contributed by atoms with Crippen molar-refractivity contribution in [1.82, 2.24) is 15.1 Å². The van der Waals surface area contributed by atoms with Crippen LogP contribution < -0.4 is 16.6 Å². The molecule has 0 fully saturated rings. The van der Waals surface area contributed by atoms with Crippen molar-refractivity contribution in [2.75, 3.05) is 12.0 Å². The van der Waals surface area contributed by atoms with E-state index in [-0.39, 0.29) is 28.7 Å². The highest BCUT2D eigenvalue weighted by molar-refractivity contribution is 7.90. The van der Waals surface area contributed by atoms with Crippen molar-refractivity contribution < 1.29 is 13.2 Å². The third-order valence-corrected chi connectivity index (χ3v) is 4.65. The molecule has 8 nitrogen and oxygen atoms in total. The van der Waals surface area contributed by atoms with Crippen LogP contribution in [-0.2, 0) is 27.7 Å². The lowest BCUT2D eigenvalue weighted by Crippen LogP contribution is -2.33. The highest BCUT2D eigenvalue weighted by Gasteiger charge is 2.11. The fraction of sp³-hybridized carbons (Fsp3) is 0.214. The second kappa shape index (κ2) is 7.02. The summed E-state index contributed by atoms with van der Waals surface area (Å²) in [5.41, 5.74) is 5.56. The van der Waals surface area contributed by atoms with E-state index >= 15 is 0 Å². The number of sulfone groups is 1. The summed E-state index contributed by atoms with van der Waals surface area (Å²) in [6, 6.07) is 6.12. The Morgan fingerprint density at radius 1 is 1.33 bits per heavy atom. The predicted molar refractivity (Wildman–Crippen MR) is 89.3 cm³/mol. The second-order valence-electron chi connectivity index (χ2n) is 5.07. The topological polar surface area (TPSA) is 124 Å². The largest absolute Gasteiger partial charge is 0.396 e. The predicted octanol–water partition coefficient (Wildman–Crippen LogP) is 0.199. The third-order valence-electron chi connectivity index (χ3n) is 3.15.